The van der Waals surface area contributed by atoms with Crippen molar-refractivity contribution in [3.05, 3.63) is 44.8 Å². The molecule has 0 amide bonds. The molecule has 0 aliphatic heterocycles. The molecule has 1 heterocycles. The number of nitrogens with one attached hydrogen (secondary N) is 1. The van der Waals surface area contributed by atoms with Crippen LogP contribution >= 0.6 is 11.3 Å². The van der Waals surface area contributed by atoms with Gasteiger partial charge in [-0.05, 0) is 68.4 Å². The highest BCUT2D eigenvalue weighted by molar-refractivity contribution is 7.93. The molecule has 0 saturated carbocycles. The second-order valence-corrected chi connectivity index (χ2v) is 9.11. The van der Waals surface area contributed by atoms with Crippen LogP contribution in [0.15, 0.2) is 17.0 Å². The molecule has 3 rings (SSSR count). The van der Waals surface area contributed by atoms with Crippen LogP contribution in [0.5, 0.6) is 0 Å². The Hall–Kier alpha value is -2.37. The number of aryl methyl sites for hydroxylation is 2. The van der Waals surface area contributed by atoms with Crippen molar-refractivity contribution in [1.29, 1.82) is 5.26 Å². The number of hydrogen-bond acceptors (Lipinski definition) is 5. The first kappa shape index (κ1) is 18.4. The van der Waals surface area contributed by atoms with Gasteiger partial charge < -0.3 is 5.11 Å². The largest absolute Gasteiger partial charge is 0.478 e. The molecule has 1 aliphatic rings. The average Bonchev–Trinajstić information content (AvgIpc) is 2.92. The molecule has 6 nitrogen and oxygen atoms in total. The van der Waals surface area contributed by atoms with E-state index >= 15 is 0 Å². The van der Waals surface area contributed by atoms with Crippen molar-refractivity contribution in [1.82, 2.24) is 0 Å². The lowest BCUT2D eigenvalue weighted by Gasteiger charge is -2.12. The second-order valence-electron chi connectivity index (χ2n) is 6.35. The van der Waals surface area contributed by atoms with Crippen molar-refractivity contribution in [3.8, 4) is 6.07 Å². The summed E-state index contributed by atoms with van der Waals surface area (Å²) >= 11 is 1.30. The molecule has 0 fully saturated rings. The molecule has 8 heteroatoms. The van der Waals surface area contributed by atoms with Crippen molar-refractivity contribution in [3.63, 3.8) is 0 Å². The number of aromatic carboxylic acids is 1. The molecule has 2 aromatic rings. The zero-order chi connectivity index (χ0) is 19.1. The first-order valence-electron chi connectivity index (χ1n) is 8.16. The summed E-state index contributed by atoms with van der Waals surface area (Å²) in [4.78, 5) is 12.3. The van der Waals surface area contributed by atoms with E-state index in [1.54, 1.807) is 13.8 Å². The van der Waals surface area contributed by atoms with Gasteiger partial charge in [-0.25, -0.2) is 13.2 Å². The second kappa shape index (κ2) is 6.74. The molecule has 1 aromatic heterocycles. The number of carboxylic acid groups (broad SMARTS) is 1. The van der Waals surface area contributed by atoms with Crippen molar-refractivity contribution in [2.75, 3.05) is 4.72 Å². The Bertz CT molecular complexity index is 1050. The summed E-state index contributed by atoms with van der Waals surface area (Å²) in [5, 5.41) is 19.0. The molecule has 26 heavy (non-hydrogen) atoms. The van der Waals surface area contributed by atoms with Crippen LogP contribution in [0, 0.1) is 25.2 Å². The minimum absolute atomic E-state index is 0.0786. The number of carbonyl (C=O) groups is 1. The third-order valence-corrected chi connectivity index (χ3v) is 7.48. The lowest BCUT2D eigenvalue weighted by molar-refractivity contribution is 0.0696. The lowest BCUT2D eigenvalue weighted by atomic mass is 9.96. The van der Waals surface area contributed by atoms with E-state index in [1.807, 2.05) is 0 Å². The summed E-state index contributed by atoms with van der Waals surface area (Å²) in [6.07, 6.45) is 3.65. The van der Waals surface area contributed by atoms with Gasteiger partial charge in [0.15, 0.2) is 0 Å². The topological polar surface area (TPSA) is 107 Å². The quantitative estimate of drug-likeness (QED) is 0.829. The summed E-state index contributed by atoms with van der Waals surface area (Å²) in [7, 11) is -4.01. The van der Waals surface area contributed by atoms with Crippen LogP contribution in [0.25, 0.3) is 0 Å². The number of fused-ring (bicyclic) bond motifs is 1. The van der Waals surface area contributed by atoms with Crippen LogP contribution in [0.4, 0.5) is 5.00 Å². The highest BCUT2D eigenvalue weighted by atomic mass is 32.2. The maximum absolute atomic E-state index is 12.9. The van der Waals surface area contributed by atoms with Crippen LogP contribution < -0.4 is 4.72 Å². The number of anilines is 1. The van der Waals surface area contributed by atoms with Gasteiger partial charge in [0.2, 0.25) is 0 Å². The molecule has 0 saturated heterocycles. The summed E-state index contributed by atoms with van der Waals surface area (Å²) < 4.78 is 28.4. The van der Waals surface area contributed by atoms with Gasteiger partial charge in [-0.15, -0.1) is 11.3 Å². The average molecular weight is 390 g/mol. The van der Waals surface area contributed by atoms with E-state index in [-0.39, 0.29) is 10.5 Å². The van der Waals surface area contributed by atoms with Crippen LogP contribution in [0.2, 0.25) is 0 Å². The van der Waals surface area contributed by atoms with Gasteiger partial charge in [0.1, 0.15) is 11.1 Å². The minimum atomic E-state index is -4.01. The number of nitriles is 1. The van der Waals surface area contributed by atoms with Crippen LogP contribution in [0.3, 0.4) is 0 Å². The highest BCUT2D eigenvalue weighted by Crippen LogP contribution is 2.39. The number of hydrogen-bond donors (Lipinski definition) is 2. The molecule has 0 unspecified atom stereocenters. The van der Waals surface area contributed by atoms with Gasteiger partial charge in [-0.1, -0.05) is 0 Å². The van der Waals surface area contributed by atoms with Crippen molar-refractivity contribution >= 4 is 32.3 Å². The van der Waals surface area contributed by atoms with Gasteiger partial charge >= 0.3 is 5.97 Å². The number of nitrogens with zero attached hydrogens (tertiary/aromatic N) is 1. The third kappa shape index (κ3) is 3.20. The molecular weight excluding hydrogens is 372 g/mol. The normalized spacial score (nSPS) is 13.7. The smallest absolute Gasteiger partial charge is 0.335 e. The molecule has 1 aromatic carbocycles. The van der Waals surface area contributed by atoms with Gasteiger partial charge in [-0.3, -0.25) is 4.72 Å². The van der Waals surface area contributed by atoms with Gasteiger partial charge in [0.05, 0.1) is 16.0 Å². The Balaban J connectivity index is 2.08. The van der Waals surface area contributed by atoms with E-state index in [4.69, 9.17) is 0 Å². The highest BCUT2D eigenvalue weighted by Gasteiger charge is 2.26. The number of thiophene rings is 1. The maximum Gasteiger partial charge on any atom is 0.335 e. The molecule has 0 radical (unpaired) electrons. The Morgan fingerprint density at radius 2 is 1.96 bits per heavy atom. The maximum atomic E-state index is 12.9. The predicted molar refractivity (Wildman–Crippen MR) is 99.4 cm³/mol. The van der Waals surface area contributed by atoms with Crippen LogP contribution in [0.1, 0.15) is 50.3 Å². The van der Waals surface area contributed by atoms with Gasteiger partial charge in [-0.2, -0.15) is 5.26 Å². The Morgan fingerprint density at radius 1 is 1.27 bits per heavy atom. The van der Waals surface area contributed by atoms with E-state index < -0.39 is 16.0 Å². The first-order chi connectivity index (χ1) is 12.2. The van der Waals surface area contributed by atoms with E-state index in [0.29, 0.717) is 21.7 Å². The number of sulfonamides is 1. The summed E-state index contributed by atoms with van der Waals surface area (Å²) in [6, 6.07) is 4.73. The monoisotopic (exact) mass is 390 g/mol. The Kier molecular flexibility index (Phi) is 4.78. The lowest BCUT2D eigenvalue weighted by Crippen LogP contribution is -2.16. The first-order valence-corrected chi connectivity index (χ1v) is 10.5. The van der Waals surface area contributed by atoms with E-state index in [2.05, 4.69) is 10.8 Å². The summed E-state index contributed by atoms with van der Waals surface area (Å²) in [5.74, 6) is -1.19. The number of benzene rings is 1. The molecule has 2 N–H and O–H groups in total. The fourth-order valence-corrected chi connectivity index (χ4v) is 6.05. The predicted octanol–water partition coefficient (Wildman–Crippen LogP) is 3.61. The van der Waals surface area contributed by atoms with Gasteiger partial charge in [0, 0.05) is 4.88 Å². The molecule has 136 valence electrons. The van der Waals surface area contributed by atoms with Crippen molar-refractivity contribution in [2.24, 2.45) is 0 Å². The van der Waals surface area contributed by atoms with Crippen molar-refractivity contribution in [2.45, 2.75) is 44.4 Å². The molecule has 0 atom stereocenters. The molecule has 0 spiro atoms. The third-order valence-electron chi connectivity index (χ3n) is 4.67. The van der Waals surface area contributed by atoms with E-state index in [1.165, 1.54) is 17.4 Å². The minimum Gasteiger partial charge on any atom is -0.478 e. The molecule has 0 bridgehead atoms. The van der Waals surface area contributed by atoms with Crippen molar-refractivity contribution < 1.29 is 18.3 Å². The van der Waals surface area contributed by atoms with E-state index in [9.17, 15) is 23.6 Å². The zero-order valence-corrected chi connectivity index (χ0v) is 16.1. The SMILES string of the molecule is Cc1cc(C(=O)O)cc(S(=O)(=O)Nc2sc3c(c2C#N)CCCC3)c1C. The fraction of sp³-hybridized carbons (Fsp3) is 0.333. The Morgan fingerprint density at radius 3 is 2.62 bits per heavy atom. The zero-order valence-electron chi connectivity index (χ0n) is 14.4. The number of carboxylic acids is 1. The van der Waals surface area contributed by atoms with Gasteiger partial charge in [0.25, 0.3) is 10.0 Å². The summed E-state index contributed by atoms with van der Waals surface area (Å²) in [5.41, 5.74) is 2.31. The molecule has 1 aliphatic carbocycles. The van der Waals surface area contributed by atoms with Crippen LogP contribution in [-0.4, -0.2) is 19.5 Å². The fourth-order valence-electron chi connectivity index (χ4n) is 3.16. The molecular formula is C18H18N2O4S2. The summed E-state index contributed by atoms with van der Waals surface area (Å²) in [6.45, 7) is 3.31. The standard InChI is InChI=1S/C18H18N2O4S2/c1-10-7-12(18(21)22)8-16(11(10)2)26(23,24)20-17-14(9-19)13-5-3-4-6-15(13)25-17/h7-8,20H,3-6H2,1-2H3,(H,21,22). The van der Waals surface area contributed by atoms with Crippen LogP contribution in [-0.2, 0) is 22.9 Å². The Labute approximate surface area is 156 Å². The van der Waals surface area contributed by atoms with E-state index in [0.717, 1.165) is 42.2 Å². The number of rotatable bonds is 4.